The van der Waals surface area contributed by atoms with E-state index < -0.39 is 23.1 Å². The van der Waals surface area contributed by atoms with Crippen molar-refractivity contribution in [3.63, 3.8) is 0 Å². The third kappa shape index (κ3) is 3.90. The van der Waals surface area contributed by atoms with Gasteiger partial charge in [0.15, 0.2) is 0 Å². The van der Waals surface area contributed by atoms with E-state index >= 15 is 0 Å². The van der Waals surface area contributed by atoms with Crippen LogP contribution in [0.4, 0.5) is 30.6 Å². The summed E-state index contributed by atoms with van der Waals surface area (Å²) in [6, 6.07) is 0. The molecule has 2 N–H and O–H groups in total. The van der Waals surface area contributed by atoms with Crippen LogP contribution in [-0.2, 0) is 17.5 Å². The molecule has 0 saturated heterocycles. The van der Waals surface area contributed by atoms with Crippen LogP contribution in [0.2, 0.25) is 0 Å². The van der Waals surface area contributed by atoms with Gasteiger partial charge >= 0.3 is 6.18 Å². The Morgan fingerprint density at radius 1 is 1.33 bits per heavy atom. The fraction of sp³-hybridized carbons (Fsp3) is 0.462. The topological polar surface area (TPSA) is 90.7 Å². The summed E-state index contributed by atoms with van der Waals surface area (Å²) in [6.45, 7) is 5.26. The highest BCUT2D eigenvalue weighted by Gasteiger charge is 2.35. The molecule has 1 atom stereocenters. The van der Waals surface area contributed by atoms with Crippen LogP contribution >= 0.6 is 0 Å². The Hall–Kier alpha value is -2.01. The van der Waals surface area contributed by atoms with Gasteiger partial charge in [0, 0.05) is 13.2 Å². The van der Waals surface area contributed by atoms with Gasteiger partial charge in [-0.25, -0.2) is 4.98 Å². The van der Waals surface area contributed by atoms with Crippen LogP contribution in [0.15, 0.2) is 12.4 Å². The van der Waals surface area contributed by atoms with Crippen LogP contribution in [0.3, 0.4) is 0 Å². The van der Waals surface area contributed by atoms with E-state index in [0.717, 1.165) is 0 Å². The van der Waals surface area contributed by atoms with Gasteiger partial charge in [0.2, 0.25) is 5.95 Å². The highest BCUT2D eigenvalue weighted by atomic mass is 32.2. The van der Waals surface area contributed by atoms with Crippen LogP contribution in [-0.4, -0.2) is 36.0 Å². The molecule has 0 radical (unpaired) electrons. The van der Waals surface area contributed by atoms with Gasteiger partial charge in [-0.2, -0.15) is 18.2 Å². The van der Waals surface area contributed by atoms with Gasteiger partial charge in [0.05, 0.1) is 22.7 Å². The molecule has 0 aliphatic rings. The SMILES string of the molecule is CNc1nc(Nc2cn([S+]([O-])C(C)C)nc2C)ncc1C(F)(F)F. The van der Waals surface area contributed by atoms with E-state index in [0.29, 0.717) is 17.6 Å². The summed E-state index contributed by atoms with van der Waals surface area (Å²) in [5.74, 6) is -0.360. The number of nitrogens with zero attached hydrogens (tertiary/aromatic N) is 4. The molecule has 0 aliphatic heterocycles. The van der Waals surface area contributed by atoms with Gasteiger partial charge in [0.25, 0.3) is 0 Å². The van der Waals surface area contributed by atoms with E-state index in [1.54, 1.807) is 20.8 Å². The third-order valence-electron chi connectivity index (χ3n) is 3.04. The first-order chi connectivity index (χ1) is 11.1. The number of aryl methyl sites for hydroxylation is 1. The second-order valence-electron chi connectivity index (χ2n) is 5.18. The van der Waals surface area contributed by atoms with Crippen molar-refractivity contribution in [1.29, 1.82) is 0 Å². The van der Waals surface area contributed by atoms with E-state index in [9.17, 15) is 17.7 Å². The molecule has 2 aromatic heterocycles. The molecule has 2 rings (SSSR count). The maximum Gasteiger partial charge on any atom is 0.421 e. The molecule has 0 aromatic carbocycles. The maximum atomic E-state index is 12.8. The normalized spacial score (nSPS) is 13.2. The molecule has 11 heteroatoms. The molecule has 0 aliphatic carbocycles. The minimum absolute atomic E-state index is 0.0228. The summed E-state index contributed by atoms with van der Waals surface area (Å²) in [6.07, 6.45) is -2.34. The summed E-state index contributed by atoms with van der Waals surface area (Å²) >= 11 is -1.34. The summed E-state index contributed by atoms with van der Waals surface area (Å²) in [4.78, 5) is 7.50. The fourth-order valence-corrected chi connectivity index (χ4v) is 2.67. The molecule has 24 heavy (non-hydrogen) atoms. The summed E-state index contributed by atoms with van der Waals surface area (Å²) in [7, 11) is 1.34. The summed E-state index contributed by atoms with van der Waals surface area (Å²) in [5.41, 5.74) is 0.0354. The highest BCUT2D eigenvalue weighted by Crippen LogP contribution is 2.33. The second kappa shape index (κ2) is 6.85. The number of alkyl halides is 3. The standard InChI is InChI=1S/C13H17F3N6OS/c1-7(2)24(23)22-6-10(8(3)21-22)19-12-18-5-9(13(14,15)16)11(17-4)20-12/h5-7H,1-4H3,(H2,17,18,19,20). The predicted molar refractivity (Wildman–Crippen MR) is 85.5 cm³/mol. The molecule has 1 unspecified atom stereocenters. The number of rotatable bonds is 5. The van der Waals surface area contributed by atoms with Crippen molar-refractivity contribution in [2.24, 2.45) is 0 Å². The Bertz CT molecular complexity index is 718. The lowest BCUT2D eigenvalue weighted by Gasteiger charge is -2.12. The summed E-state index contributed by atoms with van der Waals surface area (Å²) in [5, 5.41) is 9.19. The van der Waals surface area contributed by atoms with Gasteiger partial charge in [0.1, 0.15) is 22.8 Å². The van der Waals surface area contributed by atoms with Crippen molar-refractivity contribution in [3.8, 4) is 0 Å². The minimum Gasteiger partial charge on any atom is -0.591 e. The van der Waals surface area contributed by atoms with Crippen molar-refractivity contribution in [3.05, 3.63) is 23.7 Å². The Balaban J connectivity index is 2.29. The Morgan fingerprint density at radius 2 is 2.00 bits per heavy atom. The van der Waals surface area contributed by atoms with Crippen LogP contribution in [0.1, 0.15) is 25.1 Å². The molecule has 132 valence electrons. The molecule has 0 spiro atoms. The van der Waals surface area contributed by atoms with Gasteiger partial charge in [-0.15, -0.1) is 5.10 Å². The number of hydrogen-bond donors (Lipinski definition) is 2. The quantitative estimate of drug-likeness (QED) is 0.795. The first-order valence-corrected chi connectivity index (χ1v) is 8.16. The van der Waals surface area contributed by atoms with E-state index in [-0.39, 0.29) is 17.0 Å². The van der Waals surface area contributed by atoms with Gasteiger partial charge in [-0.05, 0) is 20.8 Å². The van der Waals surface area contributed by atoms with Crippen molar-refractivity contribution in [1.82, 2.24) is 19.2 Å². The highest BCUT2D eigenvalue weighted by molar-refractivity contribution is 7.90. The van der Waals surface area contributed by atoms with Crippen LogP contribution in [0, 0.1) is 6.92 Å². The van der Waals surface area contributed by atoms with E-state index in [4.69, 9.17) is 0 Å². The van der Waals surface area contributed by atoms with Crippen molar-refractivity contribution >= 4 is 28.8 Å². The molecule has 2 heterocycles. The second-order valence-corrected chi connectivity index (χ2v) is 7.05. The van der Waals surface area contributed by atoms with E-state index in [2.05, 4.69) is 25.7 Å². The smallest absolute Gasteiger partial charge is 0.421 e. The monoisotopic (exact) mass is 362 g/mol. The third-order valence-corrected chi connectivity index (χ3v) is 4.41. The van der Waals surface area contributed by atoms with Gasteiger partial charge in [-0.1, -0.05) is 4.09 Å². The van der Waals surface area contributed by atoms with Crippen LogP contribution in [0.5, 0.6) is 0 Å². The number of hydrogen-bond acceptors (Lipinski definition) is 6. The van der Waals surface area contributed by atoms with Crippen molar-refractivity contribution in [2.75, 3.05) is 17.7 Å². The molecule has 0 amide bonds. The zero-order chi connectivity index (χ0) is 18.1. The van der Waals surface area contributed by atoms with Crippen LogP contribution < -0.4 is 10.6 Å². The lowest BCUT2D eigenvalue weighted by atomic mass is 10.3. The molecule has 0 saturated carbocycles. The van der Waals surface area contributed by atoms with Crippen molar-refractivity contribution < 1.29 is 17.7 Å². The number of halogens is 3. The average Bonchev–Trinajstić information content (AvgIpc) is 2.86. The van der Waals surface area contributed by atoms with E-state index in [1.807, 2.05) is 0 Å². The van der Waals surface area contributed by atoms with E-state index in [1.165, 1.54) is 17.3 Å². The number of anilines is 3. The maximum absolute atomic E-state index is 12.8. The predicted octanol–water partition coefficient (Wildman–Crippen LogP) is 2.71. The molecule has 7 nitrogen and oxygen atoms in total. The van der Waals surface area contributed by atoms with Crippen molar-refractivity contribution in [2.45, 2.75) is 32.2 Å². The average molecular weight is 362 g/mol. The lowest BCUT2D eigenvalue weighted by molar-refractivity contribution is -0.137. The van der Waals surface area contributed by atoms with Crippen LogP contribution in [0.25, 0.3) is 0 Å². The molecular formula is C13H17F3N6OS. The first-order valence-electron chi connectivity index (χ1n) is 6.99. The lowest BCUT2D eigenvalue weighted by Crippen LogP contribution is -2.22. The molecule has 0 bridgehead atoms. The largest absolute Gasteiger partial charge is 0.591 e. The first kappa shape index (κ1) is 18.3. The van der Waals surface area contributed by atoms with Gasteiger partial charge < -0.3 is 15.2 Å². The fourth-order valence-electron chi connectivity index (χ4n) is 1.83. The zero-order valence-corrected chi connectivity index (χ0v) is 14.3. The molecule has 0 fully saturated rings. The number of aromatic nitrogens is 4. The number of nitrogens with one attached hydrogen (secondary N) is 2. The Kier molecular flexibility index (Phi) is 5.23. The Morgan fingerprint density at radius 3 is 2.54 bits per heavy atom. The zero-order valence-electron chi connectivity index (χ0n) is 13.5. The molecule has 2 aromatic rings. The van der Waals surface area contributed by atoms with Gasteiger partial charge in [-0.3, -0.25) is 0 Å². The minimum atomic E-state index is -4.55. The summed E-state index contributed by atoms with van der Waals surface area (Å²) < 4.78 is 51.8. The Labute approximate surface area is 140 Å². The molecular weight excluding hydrogens is 345 g/mol.